The first kappa shape index (κ1) is 11.8. The Kier molecular flexibility index (Phi) is 3.85. The van der Waals surface area contributed by atoms with E-state index < -0.39 is 0 Å². The maximum absolute atomic E-state index is 4.19. The molecule has 0 aliphatic carbocycles. The molecule has 0 aliphatic rings. The highest BCUT2D eigenvalue weighted by atomic mass is 15.4. The van der Waals surface area contributed by atoms with Gasteiger partial charge in [-0.25, -0.2) is 0 Å². The first-order valence-electron chi connectivity index (χ1n) is 6.12. The molecular weight excluding hydrogens is 212 g/mol. The van der Waals surface area contributed by atoms with Gasteiger partial charge in [-0.1, -0.05) is 18.2 Å². The van der Waals surface area contributed by atoms with Crippen LogP contribution in [0.3, 0.4) is 0 Å². The average Bonchev–Trinajstić information content (AvgIpc) is 2.84. The Balaban J connectivity index is 2.10. The van der Waals surface area contributed by atoms with E-state index in [1.54, 1.807) is 0 Å². The highest BCUT2D eigenvalue weighted by Gasteiger charge is 2.12. The van der Waals surface area contributed by atoms with Crippen LogP contribution in [0.2, 0.25) is 0 Å². The van der Waals surface area contributed by atoms with Crippen molar-refractivity contribution in [2.75, 3.05) is 0 Å². The topological polar surface area (TPSA) is 43.6 Å². The van der Waals surface area contributed by atoms with Gasteiger partial charge in [0, 0.05) is 31.6 Å². The van der Waals surface area contributed by atoms with Crippen molar-refractivity contribution >= 4 is 0 Å². The van der Waals surface area contributed by atoms with Gasteiger partial charge in [0.25, 0.3) is 0 Å². The third kappa shape index (κ3) is 2.90. The van der Waals surface area contributed by atoms with E-state index in [1.165, 1.54) is 5.56 Å². The van der Waals surface area contributed by atoms with E-state index in [9.17, 15) is 0 Å². The summed E-state index contributed by atoms with van der Waals surface area (Å²) in [6.45, 7) is 5.13. The summed E-state index contributed by atoms with van der Waals surface area (Å²) in [5.74, 6) is 0.478. The smallest absolute Gasteiger partial charge is 0.0833 e. The molecule has 1 atom stereocenters. The monoisotopic (exact) mass is 230 g/mol. The summed E-state index contributed by atoms with van der Waals surface area (Å²) in [6.07, 6.45) is 7.80. The van der Waals surface area contributed by atoms with Gasteiger partial charge in [0.2, 0.25) is 0 Å². The minimum atomic E-state index is 0.478. The van der Waals surface area contributed by atoms with Gasteiger partial charge in [-0.2, -0.15) is 0 Å². The van der Waals surface area contributed by atoms with Gasteiger partial charge in [-0.3, -0.25) is 9.67 Å². The van der Waals surface area contributed by atoms with Crippen LogP contribution in [0.1, 0.15) is 37.4 Å². The first-order chi connectivity index (χ1) is 8.33. The molecule has 0 aliphatic heterocycles. The Labute approximate surface area is 102 Å². The second-order valence-corrected chi connectivity index (χ2v) is 4.16. The summed E-state index contributed by atoms with van der Waals surface area (Å²) in [4.78, 5) is 4.18. The third-order valence-corrected chi connectivity index (χ3v) is 3.01. The molecule has 0 saturated carbocycles. The molecule has 0 amide bonds. The lowest BCUT2D eigenvalue weighted by Crippen LogP contribution is -2.02. The molecule has 2 aromatic rings. The molecule has 4 heteroatoms. The van der Waals surface area contributed by atoms with Crippen LogP contribution in [-0.2, 0) is 13.0 Å². The standard InChI is InChI=1S/C13H18N4/c1-3-11(12-6-5-7-14-9-12)8-13-10-17(4-2)16-15-13/h5-7,9-11H,3-4,8H2,1-2H3. The van der Waals surface area contributed by atoms with Gasteiger partial charge in [-0.05, 0) is 30.9 Å². The van der Waals surface area contributed by atoms with Crippen LogP contribution < -0.4 is 0 Å². The van der Waals surface area contributed by atoms with Crippen LogP contribution in [0.15, 0.2) is 30.7 Å². The number of aryl methyl sites for hydroxylation is 1. The van der Waals surface area contributed by atoms with Crippen molar-refractivity contribution in [3.05, 3.63) is 42.0 Å². The van der Waals surface area contributed by atoms with E-state index in [4.69, 9.17) is 0 Å². The highest BCUT2D eigenvalue weighted by molar-refractivity contribution is 5.16. The normalized spacial score (nSPS) is 12.6. The second-order valence-electron chi connectivity index (χ2n) is 4.16. The molecule has 2 heterocycles. The second kappa shape index (κ2) is 5.57. The van der Waals surface area contributed by atoms with Gasteiger partial charge in [0.05, 0.1) is 5.69 Å². The van der Waals surface area contributed by atoms with Gasteiger partial charge < -0.3 is 0 Å². The van der Waals surface area contributed by atoms with Crippen molar-refractivity contribution in [1.29, 1.82) is 0 Å². The van der Waals surface area contributed by atoms with Gasteiger partial charge in [0.15, 0.2) is 0 Å². The summed E-state index contributed by atoms with van der Waals surface area (Å²) >= 11 is 0. The van der Waals surface area contributed by atoms with Crippen molar-refractivity contribution in [3.8, 4) is 0 Å². The summed E-state index contributed by atoms with van der Waals surface area (Å²) < 4.78 is 1.87. The molecule has 0 spiro atoms. The summed E-state index contributed by atoms with van der Waals surface area (Å²) in [6, 6.07) is 4.12. The van der Waals surface area contributed by atoms with E-state index in [2.05, 4.69) is 35.2 Å². The van der Waals surface area contributed by atoms with Crippen molar-refractivity contribution in [2.45, 2.75) is 39.2 Å². The number of hydrogen-bond donors (Lipinski definition) is 0. The van der Waals surface area contributed by atoms with Crippen molar-refractivity contribution in [2.24, 2.45) is 0 Å². The van der Waals surface area contributed by atoms with Crippen LogP contribution in [0.4, 0.5) is 0 Å². The predicted molar refractivity (Wildman–Crippen MR) is 66.7 cm³/mol. The number of pyridine rings is 1. The Morgan fingerprint density at radius 1 is 1.35 bits per heavy atom. The average molecular weight is 230 g/mol. The Morgan fingerprint density at radius 2 is 2.24 bits per heavy atom. The molecule has 0 radical (unpaired) electrons. The van der Waals surface area contributed by atoms with E-state index in [-0.39, 0.29) is 0 Å². The molecule has 2 rings (SSSR count). The Hall–Kier alpha value is -1.71. The van der Waals surface area contributed by atoms with Gasteiger partial charge >= 0.3 is 0 Å². The van der Waals surface area contributed by atoms with E-state index in [1.807, 2.05) is 29.3 Å². The molecule has 90 valence electrons. The van der Waals surface area contributed by atoms with Crippen molar-refractivity contribution < 1.29 is 0 Å². The fourth-order valence-corrected chi connectivity index (χ4v) is 1.95. The molecule has 1 unspecified atom stereocenters. The third-order valence-electron chi connectivity index (χ3n) is 3.01. The van der Waals surface area contributed by atoms with Crippen LogP contribution >= 0.6 is 0 Å². The lowest BCUT2D eigenvalue weighted by atomic mass is 9.93. The number of rotatable bonds is 5. The predicted octanol–water partition coefficient (Wildman–Crippen LogP) is 2.43. The summed E-state index contributed by atoms with van der Waals surface area (Å²) in [5, 5.41) is 8.26. The highest BCUT2D eigenvalue weighted by Crippen LogP contribution is 2.22. The number of hydrogen-bond acceptors (Lipinski definition) is 3. The van der Waals surface area contributed by atoms with Gasteiger partial charge in [0.1, 0.15) is 0 Å². The van der Waals surface area contributed by atoms with Crippen molar-refractivity contribution in [3.63, 3.8) is 0 Å². The zero-order valence-electron chi connectivity index (χ0n) is 10.4. The van der Waals surface area contributed by atoms with Crippen molar-refractivity contribution in [1.82, 2.24) is 20.0 Å². The molecule has 0 fully saturated rings. The molecule has 17 heavy (non-hydrogen) atoms. The van der Waals surface area contributed by atoms with E-state index >= 15 is 0 Å². The summed E-state index contributed by atoms with van der Waals surface area (Å²) in [5.41, 5.74) is 2.34. The Bertz CT molecular complexity index is 449. The molecule has 0 aromatic carbocycles. The van der Waals surface area contributed by atoms with Gasteiger partial charge in [-0.15, -0.1) is 5.10 Å². The van der Waals surface area contributed by atoms with Crippen LogP contribution in [0, 0.1) is 0 Å². The van der Waals surface area contributed by atoms with Crippen LogP contribution in [-0.4, -0.2) is 20.0 Å². The number of aromatic nitrogens is 4. The molecule has 0 saturated heterocycles. The minimum Gasteiger partial charge on any atom is -0.264 e. The van der Waals surface area contributed by atoms with E-state index in [0.717, 1.165) is 25.1 Å². The first-order valence-corrected chi connectivity index (χ1v) is 6.12. The quantitative estimate of drug-likeness (QED) is 0.792. The summed E-state index contributed by atoms with van der Waals surface area (Å²) in [7, 11) is 0. The maximum Gasteiger partial charge on any atom is 0.0833 e. The number of nitrogens with zero attached hydrogens (tertiary/aromatic N) is 4. The molecule has 0 N–H and O–H groups in total. The zero-order chi connectivity index (χ0) is 12.1. The molecule has 4 nitrogen and oxygen atoms in total. The zero-order valence-corrected chi connectivity index (χ0v) is 10.4. The van der Waals surface area contributed by atoms with E-state index in [0.29, 0.717) is 5.92 Å². The Morgan fingerprint density at radius 3 is 2.82 bits per heavy atom. The maximum atomic E-state index is 4.19. The molecule has 2 aromatic heterocycles. The fourth-order valence-electron chi connectivity index (χ4n) is 1.95. The minimum absolute atomic E-state index is 0.478. The lowest BCUT2D eigenvalue weighted by molar-refractivity contribution is 0.624. The van der Waals surface area contributed by atoms with Crippen LogP contribution in [0.25, 0.3) is 0 Å². The lowest BCUT2D eigenvalue weighted by Gasteiger charge is -2.12. The largest absolute Gasteiger partial charge is 0.264 e. The SMILES string of the molecule is CCC(Cc1cn(CC)nn1)c1cccnc1. The molecule has 0 bridgehead atoms. The fraction of sp³-hybridized carbons (Fsp3) is 0.462. The van der Waals surface area contributed by atoms with Crippen LogP contribution in [0.5, 0.6) is 0 Å². The molecular formula is C13H18N4.